The Hall–Kier alpha value is -0.650. The zero-order valence-electron chi connectivity index (χ0n) is 38.2. The normalized spacial score (nSPS) is 38.4. The van der Waals surface area contributed by atoms with Crippen molar-refractivity contribution in [3.63, 3.8) is 0 Å². The molecule has 0 aromatic carbocycles. The van der Waals surface area contributed by atoms with Crippen molar-refractivity contribution < 1.29 is 20.1 Å². The molecule has 0 aromatic heterocycles. The summed E-state index contributed by atoms with van der Waals surface area (Å²) in [6.07, 6.45) is 30.3. The third-order valence-electron chi connectivity index (χ3n) is 19.2. The largest absolute Gasteiger partial charge is 0.390 e. The fraction of sp³-hybridized carbons (Fsp3) is 0.980. The molecule has 0 bridgehead atoms. The van der Waals surface area contributed by atoms with Gasteiger partial charge < -0.3 is 20.6 Å². The fourth-order valence-electron chi connectivity index (χ4n) is 15.8. The van der Waals surface area contributed by atoms with Crippen molar-refractivity contribution in [3.8, 4) is 0 Å². The summed E-state index contributed by atoms with van der Waals surface area (Å²) < 4.78 is 0. The summed E-state index contributed by atoms with van der Waals surface area (Å²) in [5.41, 5.74) is 2.20. The highest BCUT2D eigenvalue weighted by Gasteiger charge is 2.70. The van der Waals surface area contributed by atoms with Crippen LogP contribution in [0.4, 0.5) is 0 Å². The summed E-state index contributed by atoms with van der Waals surface area (Å²) in [4.78, 5) is 12.5. The van der Waals surface area contributed by atoms with E-state index in [4.69, 9.17) is 0 Å². The first-order valence-corrected chi connectivity index (χ1v) is 24.9. The van der Waals surface area contributed by atoms with Gasteiger partial charge in [0, 0.05) is 13.0 Å². The third kappa shape index (κ3) is 9.77. The van der Waals surface area contributed by atoms with Gasteiger partial charge in [-0.3, -0.25) is 4.79 Å². The first-order chi connectivity index (χ1) is 26.5. The molecule has 0 spiro atoms. The monoisotopic (exact) mass is 784 g/mol. The van der Waals surface area contributed by atoms with E-state index >= 15 is 0 Å². The summed E-state index contributed by atoms with van der Waals surface area (Å²) in [6, 6.07) is 0. The number of rotatable bonds is 22. The van der Waals surface area contributed by atoms with Gasteiger partial charge in [0.05, 0.1) is 12.2 Å². The van der Waals surface area contributed by atoms with Crippen LogP contribution in [0.15, 0.2) is 0 Å². The Kier molecular flexibility index (Phi) is 16.4. The van der Waals surface area contributed by atoms with Crippen LogP contribution in [0.5, 0.6) is 0 Å². The van der Waals surface area contributed by atoms with Gasteiger partial charge in [-0.05, 0) is 146 Å². The Balaban J connectivity index is 1.01. The van der Waals surface area contributed by atoms with Crippen LogP contribution in [0.2, 0.25) is 0 Å². The molecule has 5 aliphatic rings. The third-order valence-corrected chi connectivity index (χ3v) is 19.2. The summed E-state index contributed by atoms with van der Waals surface area (Å²) in [5.74, 6) is 4.35. The first kappa shape index (κ1) is 46.4. The van der Waals surface area contributed by atoms with Gasteiger partial charge in [0.2, 0.25) is 5.91 Å². The van der Waals surface area contributed by atoms with Gasteiger partial charge in [-0.2, -0.15) is 0 Å². The maximum Gasteiger partial charge on any atom is 0.220 e. The lowest BCUT2D eigenvalue weighted by atomic mass is 9.32. The van der Waals surface area contributed by atoms with E-state index in [0.717, 1.165) is 42.9 Å². The maximum absolute atomic E-state index is 12.5. The molecule has 0 aliphatic heterocycles. The second-order valence-electron chi connectivity index (χ2n) is 22.8. The van der Waals surface area contributed by atoms with Gasteiger partial charge >= 0.3 is 0 Å². The highest BCUT2D eigenvalue weighted by molar-refractivity contribution is 5.75. The number of hydrogen-bond acceptors (Lipinski definition) is 4. The smallest absolute Gasteiger partial charge is 0.220 e. The van der Waals surface area contributed by atoms with Gasteiger partial charge in [-0.1, -0.05) is 139 Å². The lowest BCUT2D eigenvalue weighted by molar-refractivity contribution is -0.241. The molecule has 56 heavy (non-hydrogen) atoms. The molecule has 5 rings (SSSR count). The fourth-order valence-corrected chi connectivity index (χ4v) is 15.8. The van der Waals surface area contributed by atoms with Crippen molar-refractivity contribution in [3.05, 3.63) is 0 Å². The van der Waals surface area contributed by atoms with Crippen LogP contribution in [0, 0.1) is 62.6 Å². The van der Waals surface area contributed by atoms with E-state index in [2.05, 4.69) is 60.7 Å². The van der Waals surface area contributed by atoms with E-state index < -0.39 is 18.3 Å². The van der Waals surface area contributed by atoms with Crippen molar-refractivity contribution in [2.24, 2.45) is 62.6 Å². The highest BCUT2D eigenvalue weighted by atomic mass is 16.4. The first-order valence-electron chi connectivity index (χ1n) is 24.9. The number of fused-ring (bicyclic) bond motifs is 7. The molecule has 1 amide bonds. The zero-order chi connectivity index (χ0) is 40.8. The molecule has 5 aliphatic carbocycles. The molecular weight excluding hydrogens is 691 g/mol. The van der Waals surface area contributed by atoms with Crippen LogP contribution in [0.1, 0.15) is 229 Å². The Bertz CT molecular complexity index is 1220. The molecule has 0 unspecified atom stereocenters. The molecular formula is C51H93NO4. The predicted octanol–water partition coefficient (Wildman–Crippen LogP) is 12.6. The molecule has 0 radical (unpaired) electrons. The number of amides is 1. The number of aliphatic hydroxyl groups excluding tert-OH is 3. The van der Waals surface area contributed by atoms with Crippen LogP contribution in [0.25, 0.3) is 0 Å². The van der Waals surface area contributed by atoms with Gasteiger partial charge in [0.15, 0.2) is 0 Å². The van der Waals surface area contributed by atoms with E-state index in [9.17, 15) is 20.1 Å². The quantitative estimate of drug-likeness (QED) is 0.0823. The Labute approximate surface area is 346 Å². The summed E-state index contributed by atoms with van der Waals surface area (Å²) in [7, 11) is 0. The van der Waals surface area contributed by atoms with E-state index in [-0.39, 0.29) is 12.5 Å². The van der Waals surface area contributed by atoms with Gasteiger partial charge in [-0.15, -0.1) is 0 Å². The van der Waals surface area contributed by atoms with Crippen molar-refractivity contribution in [2.75, 3.05) is 6.54 Å². The molecule has 5 nitrogen and oxygen atoms in total. The van der Waals surface area contributed by atoms with E-state index in [1.807, 2.05) is 0 Å². The highest BCUT2D eigenvalue weighted by Crippen LogP contribution is 2.78. The minimum atomic E-state index is -1.24. The number of carbonyl (C=O) groups excluding carboxylic acids is 1. The van der Waals surface area contributed by atoms with E-state index in [1.165, 1.54) is 141 Å². The SMILES string of the molecule is CCCCCCCCCCCCCCCC(=O)NC[C@H](O)[C@H](O)[C@H](O)CC[C@@H](C)[C@H]1CC[C@@]2(C)[C@@H]1CC[C@]1(C)[C@@H]2CC[C@@H]2[C@@]3(C)CCCC(C)(C)[C@@H]3CC[C@]21C. The van der Waals surface area contributed by atoms with Crippen LogP contribution < -0.4 is 5.32 Å². The van der Waals surface area contributed by atoms with Crippen molar-refractivity contribution in [1.29, 1.82) is 0 Å². The lowest BCUT2D eigenvalue weighted by Gasteiger charge is -2.73. The van der Waals surface area contributed by atoms with Gasteiger partial charge in [-0.25, -0.2) is 0 Å². The Morgan fingerprint density at radius 1 is 0.607 bits per heavy atom. The molecule has 4 N–H and O–H groups in total. The minimum absolute atomic E-state index is 0.00832. The number of aliphatic hydroxyl groups is 3. The zero-order valence-corrected chi connectivity index (χ0v) is 38.2. The van der Waals surface area contributed by atoms with Crippen LogP contribution in [-0.2, 0) is 4.79 Å². The average Bonchev–Trinajstić information content (AvgIpc) is 3.51. The van der Waals surface area contributed by atoms with Gasteiger partial charge in [0.1, 0.15) is 6.10 Å². The number of nitrogens with one attached hydrogen (secondary N) is 1. The number of hydrogen-bond donors (Lipinski definition) is 4. The summed E-state index contributed by atoms with van der Waals surface area (Å²) in [5, 5.41) is 35.4. The standard InChI is InChI=1S/C51H93NO4/c1-9-10-11-12-13-14-15-16-17-18-19-20-21-23-45(55)52-36-41(54)46(56)40(53)25-24-37(2)38-28-33-48(5)39(38)29-34-50(7)43(48)26-27-44-49(6)32-22-31-47(3,4)42(49)30-35-51(44,50)8/h37-44,46,53-54,56H,9-36H2,1-8H3,(H,52,55)/t37-,38-,39-,40-,41+,42+,43-,44-,46-,48+,49+,50-,51-/m1/s1. The summed E-state index contributed by atoms with van der Waals surface area (Å²) >= 11 is 0. The van der Waals surface area contributed by atoms with E-state index in [0.29, 0.717) is 51.8 Å². The summed E-state index contributed by atoms with van der Waals surface area (Å²) in [6.45, 7) is 20.8. The molecule has 13 atom stereocenters. The van der Waals surface area contributed by atoms with Crippen LogP contribution in [0.3, 0.4) is 0 Å². The topological polar surface area (TPSA) is 89.8 Å². The van der Waals surface area contributed by atoms with Crippen LogP contribution in [-0.4, -0.2) is 46.1 Å². The lowest BCUT2D eigenvalue weighted by Crippen LogP contribution is -2.65. The predicted molar refractivity (Wildman–Crippen MR) is 234 cm³/mol. The average molecular weight is 784 g/mol. The molecule has 5 saturated carbocycles. The number of carbonyl (C=O) groups is 1. The minimum Gasteiger partial charge on any atom is -0.390 e. The van der Waals surface area contributed by atoms with E-state index in [1.54, 1.807) is 0 Å². The van der Waals surface area contributed by atoms with Crippen LogP contribution >= 0.6 is 0 Å². The van der Waals surface area contributed by atoms with Crippen molar-refractivity contribution in [2.45, 2.75) is 247 Å². The molecule has 0 heterocycles. The molecule has 5 fully saturated rings. The molecule has 0 aromatic rings. The number of unbranched alkanes of at least 4 members (excludes halogenated alkanes) is 12. The Morgan fingerprint density at radius 2 is 1.16 bits per heavy atom. The maximum atomic E-state index is 12.5. The molecule has 0 saturated heterocycles. The second-order valence-corrected chi connectivity index (χ2v) is 22.8. The van der Waals surface area contributed by atoms with Crippen molar-refractivity contribution in [1.82, 2.24) is 5.32 Å². The molecule has 326 valence electrons. The Morgan fingerprint density at radius 3 is 1.77 bits per heavy atom. The van der Waals surface area contributed by atoms with Crippen molar-refractivity contribution >= 4 is 5.91 Å². The van der Waals surface area contributed by atoms with Gasteiger partial charge in [0.25, 0.3) is 0 Å². The molecule has 5 heteroatoms. The second kappa shape index (κ2) is 19.8.